The molecule has 0 bridgehead atoms. The molecule has 23 heavy (non-hydrogen) atoms. The number of rotatable bonds is 4. The number of aromatic nitrogens is 1. The summed E-state index contributed by atoms with van der Waals surface area (Å²) in [6, 6.07) is 16.8. The number of nitrogens with zero attached hydrogens (tertiary/aromatic N) is 2. The van der Waals surface area contributed by atoms with Gasteiger partial charge in [0.15, 0.2) is 0 Å². The van der Waals surface area contributed by atoms with Crippen LogP contribution in [0.4, 0.5) is 5.82 Å². The van der Waals surface area contributed by atoms with Crippen molar-refractivity contribution in [2.75, 3.05) is 12.5 Å². The molecule has 2 N–H and O–H groups in total. The van der Waals surface area contributed by atoms with E-state index in [1.807, 2.05) is 43.3 Å². The maximum Gasteiger partial charge on any atom is 0.146 e. The van der Waals surface area contributed by atoms with E-state index in [0.29, 0.717) is 22.8 Å². The van der Waals surface area contributed by atoms with Crippen LogP contribution in [0.15, 0.2) is 59.7 Å². The van der Waals surface area contributed by atoms with Gasteiger partial charge >= 0.3 is 0 Å². The van der Waals surface area contributed by atoms with Gasteiger partial charge in [0, 0.05) is 17.0 Å². The molecule has 0 fully saturated rings. The first-order valence-corrected chi connectivity index (χ1v) is 7.21. The van der Waals surface area contributed by atoms with Crippen molar-refractivity contribution in [2.24, 2.45) is 5.10 Å². The van der Waals surface area contributed by atoms with E-state index < -0.39 is 0 Å². The predicted molar refractivity (Wildman–Crippen MR) is 92.2 cm³/mol. The Morgan fingerprint density at radius 2 is 1.96 bits per heavy atom. The van der Waals surface area contributed by atoms with Crippen molar-refractivity contribution in [3.05, 3.63) is 60.2 Å². The van der Waals surface area contributed by atoms with E-state index in [0.717, 1.165) is 10.9 Å². The van der Waals surface area contributed by atoms with Gasteiger partial charge in [-0.05, 0) is 37.3 Å². The summed E-state index contributed by atoms with van der Waals surface area (Å²) in [5, 5.41) is 15.4. The van der Waals surface area contributed by atoms with Gasteiger partial charge in [-0.15, -0.1) is 0 Å². The minimum Gasteiger partial charge on any atom is -0.507 e. The van der Waals surface area contributed by atoms with Gasteiger partial charge in [-0.1, -0.05) is 18.2 Å². The van der Waals surface area contributed by atoms with Crippen molar-refractivity contribution in [2.45, 2.75) is 6.92 Å². The van der Waals surface area contributed by atoms with Crippen molar-refractivity contribution in [1.29, 1.82) is 0 Å². The molecule has 3 rings (SSSR count). The Hall–Kier alpha value is -3.08. The number of hydrogen-bond acceptors (Lipinski definition) is 5. The number of phenolic OH excluding ortho intramolecular Hbond substituents is 1. The van der Waals surface area contributed by atoms with Crippen LogP contribution in [0, 0.1) is 0 Å². The zero-order chi connectivity index (χ0) is 16.2. The first kappa shape index (κ1) is 14.8. The number of nitrogens with one attached hydrogen (secondary N) is 1. The summed E-state index contributed by atoms with van der Waals surface area (Å²) in [5.74, 6) is 1.37. The molecule has 0 radical (unpaired) electrons. The molecular weight excluding hydrogens is 290 g/mol. The molecule has 0 saturated carbocycles. The van der Waals surface area contributed by atoms with Crippen LogP contribution in [0.1, 0.15) is 12.5 Å². The van der Waals surface area contributed by atoms with Crippen LogP contribution in [0.5, 0.6) is 11.5 Å². The second-order valence-electron chi connectivity index (χ2n) is 5.08. The Bertz CT molecular complexity index is 875. The first-order chi connectivity index (χ1) is 11.2. The number of fused-ring (bicyclic) bond motifs is 1. The number of pyridine rings is 1. The third kappa shape index (κ3) is 3.23. The number of anilines is 1. The molecule has 0 aliphatic heterocycles. The highest BCUT2D eigenvalue weighted by atomic mass is 16.5. The summed E-state index contributed by atoms with van der Waals surface area (Å²) in [6.45, 7) is 1.82. The van der Waals surface area contributed by atoms with Crippen molar-refractivity contribution < 1.29 is 9.84 Å². The molecule has 0 saturated heterocycles. The van der Waals surface area contributed by atoms with Gasteiger partial charge in [0.1, 0.15) is 17.3 Å². The Morgan fingerprint density at radius 1 is 1.13 bits per heavy atom. The number of methoxy groups -OCH3 is 1. The number of aromatic hydroxyl groups is 1. The summed E-state index contributed by atoms with van der Waals surface area (Å²) in [6.07, 6.45) is 0. The number of para-hydroxylation sites is 1. The molecule has 0 atom stereocenters. The lowest BCUT2D eigenvalue weighted by Gasteiger charge is -2.07. The third-order valence-corrected chi connectivity index (χ3v) is 3.53. The quantitative estimate of drug-likeness (QED) is 0.568. The van der Waals surface area contributed by atoms with E-state index in [9.17, 15) is 5.11 Å². The highest BCUT2D eigenvalue weighted by Gasteiger charge is 2.06. The zero-order valence-corrected chi connectivity index (χ0v) is 12.9. The Morgan fingerprint density at radius 3 is 2.74 bits per heavy atom. The number of ether oxygens (including phenoxy) is 1. The molecule has 0 aliphatic carbocycles. The van der Waals surface area contributed by atoms with Gasteiger partial charge < -0.3 is 9.84 Å². The summed E-state index contributed by atoms with van der Waals surface area (Å²) >= 11 is 0. The second kappa shape index (κ2) is 6.36. The van der Waals surface area contributed by atoms with Crippen molar-refractivity contribution in [1.82, 2.24) is 4.98 Å². The highest BCUT2D eigenvalue weighted by molar-refractivity contribution is 6.01. The second-order valence-corrected chi connectivity index (χ2v) is 5.08. The van der Waals surface area contributed by atoms with Crippen LogP contribution in [-0.4, -0.2) is 22.9 Å². The average molecular weight is 307 g/mol. The third-order valence-electron chi connectivity index (χ3n) is 3.53. The molecule has 5 nitrogen and oxygen atoms in total. The van der Waals surface area contributed by atoms with Gasteiger partial charge in [-0.25, -0.2) is 4.98 Å². The number of phenols is 1. The molecular formula is C18H17N3O2. The fourth-order valence-corrected chi connectivity index (χ4v) is 2.27. The molecule has 1 aromatic heterocycles. The van der Waals surface area contributed by atoms with Gasteiger partial charge in [0.05, 0.1) is 18.3 Å². The minimum absolute atomic E-state index is 0.124. The number of hydrogen-bond donors (Lipinski definition) is 2. The molecule has 3 aromatic rings. The molecule has 0 aliphatic rings. The lowest BCUT2D eigenvalue weighted by atomic mass is 10.1. The fraction of sp³-hybridized carbons (Fsp3) is 0.111. The van der Waals surface area contributed by atoms with Crippen molar-refractivity contribution >= 4 is 22.4 Å². The first-order valence-electron chi connectivity index (χ1n) is 7.21. The molecule has 0 amide bonds. The van der Waals surface area contributed by atoms with Crippen LogP contribution in [0.25, 0.3) is 10.9 Å². The smallest absolute Gasteiger partial charge is 0.146 e. The normalized spacial score (nSPS) is 11.5. The van der Waals surface area contributed by atoms with E-state index in [-0.39, 0.29) is 5.75 Å². The van der Waals surface area contributed by atoms with Crippen molar-refractivity contribution in [3.63, 3.8) is 0 Å². The van der Waals surface area contributed by atoms with E-state index in [2.05, 4.69) is 15.5 Å². The highest BCUT2D eigenvalue weighted by Crippen LogP contribution is 2.24. The topological polar surface area (TPSA) is 66.7 Å². The predicted octanol–water partition coefficient (Wildman–Crippen LogP) is 3.79. The average Bonchev–Trinajstić information content (AvgIpc) is 2.59. The summed E-state index contributed by atoms with van der Waals surface area (Å²) in [5.41, 5.74) is 5.12. The number of benzene rings is 2. The van der Waals surface area contributed by atoms with E-state index in [1.54, 1.807) is 25.3 Å². The number of hydrazone groups is 1. The summed E-state index contributed by atoms with van der Waals surface area (Å²) < 4.78 is 5.07. The van der Waals surface area contributed by atoms with Crippen LogP contribution < -0.4 is 10.2 Å². The maximum atomic E-state index is 10.0. The Kier molecular flexibility index (Phi) is 4.10. The molecule has 0 unspecified atom stereocenters. The van der Waals surface area contributed by atoms with Crippen molar-refractivity contribution in [3.8, 4) is 11.5 Å². The lowest BCUT2D eigenvalue weighted by molar-refractivity contribution is 0.407. The van der Waals surface area contributed by atoms with Crippen LogP contribution in [0.3, 0.4) is 0 Å². The largest absolute Gasteiger partial charge is 0.507 e. The van der Waals surface area contributed by atoms with E-state index in [4.69, 9.17) is 4.74 Å². The van der Waals surface area contributed by atoms with Crippen LogP contribution >= 0.6 is 0 Å². The molecule has 0 spiro atoms. The Balaban J connectivity index is 1.83. The van der Waals surface area contributed by atoms with Gasteiger partial charge in [0.25, 0.3) is 0 Å². The zero-order valence-electron chi connectivity index (χ0n) is 12.9. The standard InChI is InChI=1S/C18H17N3O2/c1-12(15-9-8-14(23-2)11-17(15)22)20-21-18-10-7-13-5-3-4-6-16(13)19-18/h3-11,22H,1-2H3,(H,19,21)/b20-12+. The Labute approximate surface area is 134 Å². The molecule has 1 heterocycles. The van der Waals surface area contributed by atoms with Crippen LogP contribution in [0.2, 0.25) is 0 Å². The minimum atomic E-state index is 0.124. The molecule has 5 heteroatoms. The lowest BCUT2D eigenvalue weighted by Crippen LogP contribution is -2.01. The van der Waals surface area contributed by atoms with Gasteiger partial charge in [0.2, 0.25) is 0 Å². The SMILES string of the molecule is COc1ccc(/C(C)=N/Nc2ccc3ccccc3n2)c(O)c1. The maximum absolute atomic E-state index is 10.0. The molecule has 116 valence electrons. The summed E-state index contributed by atoms with van der Waals surface area (Å²) in [7, 11) is 1.56. The van der Waals surface area contributed by atoms with E-state index in [1.165, 1.54) is 0 Å². The van der Waals surface area contributed by atoms with Gasteiger partial charge in [-0.2, -0.15) is 5.10 Å². The molecule has 2 aromatic carbocycles. The summed E-state index contributed by atoms with van der Waals surface area (Å²) in [4.78, 5) is 4.49. The van der Waals surface area contributed by atoms with Gasteiger partial charge in [-0.3, -0.25) is 5.43 Å². The van der Waals surface area contributed by atoms with Crippen LogP contribution in [-0.2, 0) is 0 Å². The fourth-order valence-electron chi connectivity index (χ4n) is 2.27. The van der Waals surface area contributed by atoms with E-state index >= 15 is 0 Å². The monoisotopic (exact) mass is 307 g/mol.